The second-order valence-electron chi connectivity index (χ2n) is 5.70. The molecule has 0 unspecified atom stereocenters. The van der Waals surface area contributed by atoms with Crippen LogP contribution in [0.5, 0.6) is 11.5 Å². The van der Waals surface area contributed by atoms with E-state index in [0.29, 0.717) is 12.3 Å². The SMILES string of the molecule is COc1ccc(CNC(=O)c2ccc3c(c2)CCC3)c(OC)c1. The number of hydrogen-bond acceptors (Lipinski definition) is 3. The van der Waals surface area contributed by atoms with Gasteiger partial charge in [-0.3, -0.25) is 4.79 Å². The number of nitrogens with one attached hydrogen (secondary N) is 1. The zero-order valence-electron chi connectivity index (χ0n) is 13.5. The highest BCUT2D eigenvalue weighted by Crippen LogP contribution is 2.25. The van der Waals surface area contributed by atoms with Crippen LogP contribution in [0.2, 0.25) is 0 Å². The number of hydrogen-bond donors (Lipinski definition) is 1. The van der Waals surface area contributed by atoms with Crippen molar-refractivity contribution in [2.45, 2.75) is 25.8 Å². The van der Waals surface area contributed by atoms with Crippen LogP contribution in [-0.2, 0) is 19.4 Å². The Labute approximate surface area is 136 Å². The van der Waals surface area contributed by atoms with Gasteiger partial charge in [-0.25, -0.2) is 0 Å². The summed E-state index contributed by atoms with van der Waals surface area (Å²) in [7, 11) is 3.23. The second-order valence-corrected chi connectivity index (χ2v) is 5.70. The number of benzene rings is 2. The summed E-state index contributed by atoms with van der Waals surface area (Å²) in [6.07, 6.45) is 3.38. The first-order valence-corrected chi connectivity index (χ1v) is 7.82. The van der Waals surface area contributed by atoms with Crippen molar-refractivity contribution in [1.29, 1.82) is 0 Å². The van der Waals surface area contributed by atoms with E-state index in [1.54, 1.807) is 14.2 Å². The third-order valence-corrected chi connectivity index (χ3v) is 4.29. The fraction of sp³-hybridized carbons (Fsp3) is 0.316. The van der Waals surface area contributed by atoms with Gasteiger partial charge in [-0.15, -0.1) is 0 Å². The molecule has 4 heteroatoms. The van der Waals surface area contributed by atoms with E-state index < -0.39 is 0 Å². The number of rotatable bonds is 5. The van der Waals surface area contributed by atoms with E-state index in [1.807, 2.05) is 30.3 Å². The van der Waals surface area contributed by atoms with E-state index in [-0.39, 0.29) is 5.91 Å². The molecule has 4 nitrogen and oxygen atoms in total. The molecule has 23 heavy (non-hydrogen) atoms. The average Bonchev–Trinajstić information content (AvgIpc) is 3.07. The van der Waals surface area contributed by atoms with Gasteiger partial charge in [0.2, 0.25) is 0 Å². The molecule has 0 spiro atoms. The Bertz CT molecular complexity index is 725. The van der Waals surface area contributed by atoms with Gasteiger partial charge in [0.1, 0.15) is 11.5 Å². The summed E-state index contributed by atoms with van der Waals surface area (Å²) in [5.41, 5.74) is 4.32. The standard InChI is InChI=1S/C19H21NO3/c1-22-17-9-8-16(18(11-17)23-2)12-20-19(21)15-7-6-13-4-3-5-14(13)10-15/h6-11H,3-5,12H2,1-2H3,(H,20,21). The molecule has 0 bridgehead atoms. The molecule has 0 aromatic heterocycles. The molecule has 2 aromatic carbocycles. The van der Waals surface area contributed by atoms with E-state index in [2.05, 4.69) is 11.4 Å². The largest absolute Gasteiger partial charge is 0.497 e. The maximum absolute atomic E-state index is 12.4. The fourth-order valence-corrected chi connectivity index (χ4v) is 2.99. The predicted octanol–water partition coefficient (Wildman–Crippen LogP) is 3.12. The van der Waals surface area contributed by atoms with Gasteiger partial charge in [-0.2, -0.15) is 0 Å². The molecule has 0 saturated carbocycles. The molecule has 1 aliphatic carbocycles. The van der Waals surface area contributed by atoms with Crippen LogP contribution in [0.3, 0.4) is 0 Å². The predicted molar refractivity (Wildman–Crippen MR) is 89.2 cm³/mol. The molecule has 1 aliphatic rings. The van der Waals surface area contributed by atoms with Gasteiger partial charge in [0, 0.05) is 23.7 Å². The van der Waals surface area contributed by atoms with Gasteiger partial charge in [-0.1, -0.05) is 6.07 Å². The Morgan fingerprint density at radius 1 is 1.04 bits per heavy atom. The summed E-state index contributed by atoms with van der Waals surface area (Å²) in [4.78, 5) is 12.4. The van der Waals surface area contributed by atoms with Gasteiger partial charge in [0.05, 0.1) is 14.2 Å². The van der Waals surface area contributed by atoms with Crippen molar-refractivity contribution in [3.8, 4) is 11.5 Å². The van der Waals surface area contributed by atoms with Crippen molar-refractivity contribution in [1.82, 2.24) is 5.32 Å². The molecule has 120 valence electrons. The molecule has 0 radical (unpaired) electrons. The normalized spacial score (nSPS) is 12.6. The zero-order chi connectivity index (χ0) is 16.2. The quantitative estimate of drug-likeness (QED) is 0.923. The minimum absolute atomic E-state index is 0.0578. The molecule has 3 rings (SSSR count). The Balaban J connectivity index is 1.69. The van der Waals surface area contributed by atoms with Crippen LogP contribution in [0, 0.1) is 0 Å². The summed E-state index contributed by atoms with van der Waals surface area (Å²) >= 11 is 0. The lowest BCUT2D eigenvalue weighted by Gasteiger charge is -2.12. The second kappa shape index (κ2) is 6.73. The van der Waals surface area contributed by atoms with E-state index >= 15 is 0 Å². The third kappa shape index (κ3) is 3.31. The smallest absolute Gasteiger partial charge is 0.251 e. The number of ether oxygens (including phenoxy) is 2. The molecular formula is C19H21NO3. The van der Waals surface area contributed by atoms with Gasteiger partial charge in [0.25, 0.3) is 5.91 Å². The topological polar surface area (TPSA) is 47.6 Å². The molecule has 0 aliphatic heterocycles. The number of fused-ring (bicyclic) bond motifs is 1. The minimum Gasteiger partial charge on any atom is -0.497 e. The molecule has 0 saturated heterocycles. The van der Waals surface area contributed by atoms with Crippen molar-refractivity contribution < 1.29 is 14.3 Å². The molecule has 1 N–H and O–H groups in total. The third-order valence-electron chi connectivity index (χ3n) is 4.29. The first-order chi connectivity index (χ1) is 11.2. The van der Waals surface area contributed by atoms with Crippen molar-refractivity contribution in [3.63, 3.8) is 0 Å². The highest BCUT2D eigenvalue weighted by molar-refractivity contribution is 5.94. The van der Waals surface area contributed by atoms with Crippen molar-refractivity contribution in [2.75, 3.05) is 14.2 Å². The minimum atomic E-state index is -0.0578. The fourth-order valence-electron chi connectivity index (χ4n) is 2.99. The van der Waals surface area contributed by atoms with Gasteiger partial charge < -0.3 is 14.8 Å². The Kier molecular flexibility index (Phi) is 4.51. The molecular weight excluding hydrogens is 290 g/mol. The van der Waals surface area contributed by atoms with Crippen LogP contribution in [0.4, 0.5) is 0 Å². The van der Waals surface area contributed by atoms with E-state index in [0.717, 1.165) is 29.7 Å². The highest BCUT2D eigenvalue weighted by atomic mass is 16.5. The number of aryl methyl sites for hydroxylation is 2. The Hall–Kier alpha value is -2.49. The Morgan fingerprint density at radius 3 is 2.65 bits per heavy atom. The molecule has 0 atom stereocenters. The van der Waals surface area contributed by atoms with Crippen LogP contribution in [-0.4, -0.2) is 20.1 Å². The van der Waals surface area contributed by atoms with Crippen molar-refractivity contribution in [3.05, 3.63) is 58.7 Å². The van der Waals surface area contributed by atoms with Crippen LogP contribution in [0.1, 0.15) is 33.5 Å². The summed E-state index contributed by atoms with van der Waals surface area (Å²) < 4.78 is 10.5. The van der Waals surface area contributed by atoms with Crippen LogP contribution in [0.25, 0.3) is 0 Å². The van der Waals surface area contributed by atoms with Gasteiger partial charge in [-0.05, 0) is 54.7 Å². The lowest BCUT2D eigenvalue weighted by Crippen LogP contribution is -2.23. The van der Waals surface area contributed by atoms with Crippen molar-refractivity contribution in [2.24, 2.45) is 0 Å². The van der Waals surface area contributed by atoms with E-state index in [9.17, 15) is 4.79 Å². The lowest BCUT2D eigenvalue weighted by molar-refractivity contribution is 0.0950. The van der Waals surface area contributed by atoms with Crippen molar-refractivity contribution >= 4 is 5.91 Å². The average molecular weight is 311 g/mol. The lowest BCUT2D eigenvalue weighted by atomic mass is 10.1. The molecule has 1 amide bonds. The van der Waals surface area contributed by atoms with Crippen LogP contribution < -0.4 is 14.8 Å². The summed E-state index contributed by atoms with van der Waals surface area (Å²) in [5, 5.41) is 2.96. The van der Waals surface area contributed by atoms with Crippen LogP contribution >= 0.6 is 0 Å². The first kappa shape index (κ1) is 15.4. The highest BCUT2D eigenvalue weighted by Gasteiger charge is 2.14. The molecule has 0 heterocycles. The maximum atomic E-state index is 12.4. The van der Waals surface area contributed by atoms with Gasteiger partial charge in [0.15, 0.2) is 0 Å². The number of carbonyl (C=O) groups is 1. The van der Waals surface area contributed by atoms with Gasteiger partial charge >= 0.3 is 0 Å². The molecule has 0 fully saturated rings. The molecule has 2 aromatic rings. The number of methoxy groups -OCH3 is 2. The monoisotopic (exact) mass is 311 g/mol. The number of amides is 1. The Morgan fingerprint density at radius 2 is 1.87 bits per heavy atom. The number of carbonyl (C=O) groups excluding carboxylic acids is 1. The zero-order valence-corrected chi connectivity index (χ0v) is 13.5. The summed E-state index contributed by atoms with van der Waals surface area (Å²) in [6.45, 7) is 0.420. The van der Waals surface area contributed by atoms with E-state index in [4.69, 9.17) is 9.47 Å². The summed E-state index contributed by atoms with van der Waals surface area (Å²) in [5.74, 6) is 1.38. The summed E-state index contributed by atoms with van der Waals surface area (Å²) in [6, 6.07) is 11.6. The maximum Gasteiger partial charge on any atom is 0.251 e. The van der Waals surface area contributed by atoms with Crippen LogP contribution in [0.15, 0.2) is 36.4 Å². The van der Waals surface area contributed by atoms with E-state index in [1.165, 1.54) is 17.5 Å². The first-order valence-electron chi connectivity index (χ1n) is 7.82.